The SMILES string of the molecule is C[C@@H]1[C@@H](C2CC2)C/C=C/[C@H](O)C2CC[C@H]2CN2C[C@@]3(CCCc4cc(Cl)ccc43)COc3ccc(cc32)C(=O)NS1(=O)=O. The van der Waals surface area contributed by atoms with Gasteiger partial charge in [-0.3, -0.25) is 4.79 Å². The number of ether oxygens (including phenoxy) is 1. The number of hydrogen-bond donors (Lipinski definition) is 2. The normalized spacial score (nSPS) is 34.5. The Kier molecular flexibility index (Phi) is 7.54. The number of nitrogens with one attached hydrogen (secondary N) is 1. The van der Waals surface area contributed by atoms with Gasteiger partial charge in [0.1, 0.15) is 5.75 Å². The van der Waals surface area contributed by atoms with E-state index in [0.717, 1.165) is 62.2 Å². The van der Waals surface area contributed by atoms with Crippen molar-refractivity contribution >= 4 is 33.2 Å². The number of sulfonamides is 1. The molecule has 3 aliphatic carbocycles. The lowest BCUT2D eigenvalue weighted by Gasteiger charge is -2.45. The second-order valence-corrected chi connectivity index (χ2v) is 16.1. The topological polar surface area (TPSA) is 95.9 Å². The Balaban J connectivity index is 1.28. The maximum atomic E-state index is 13.5. The number of amides is 1. The third kappa shape index (κ3) is 5.48. The first-order valence-corrected chi connectivity index (χ1v) is 17.8. The highest BCUT2D eigenvalue weighted by molar-refractivity contribution is 7.90. The second kappa shape index (κ2) is 11.1. The average Bonchev–Trinajstić information content (AvgIpc) is 3.81. The molecule has 2 aliphatic heterocycles. The number of halogens is 1. The molecule has 7 rings (SSSR count). The predicted octanol–water partition coefficient (Wildman–Crippen LogP) is 5.63. The second-order valence-electron chi connectivity index (χ2n) is 13.6. The zero-order valence-corrected chi connectivity index (χ0v) is 26.2. The highest BCUT2D eigenvalue weighted by Crippen LogP contribution is 2.47. The van der Waals surface area contributed by atoms with Gasteiger partial charge in [0.25, 0.3) is 5.91 Å². The van der Waals surface area contributed by atoms with Crippen molar-refractivity contribution in [3.05, 3.63) is 70.3 Å². The first-order valence-electron chi connectivity index (χ1n) is 15.8. The van der Waals surface area contributed by atoms with E-state index in [0.29, 0.717) is 42.7 Å². The summed E-state index contributed by atoms with van der Waals surface area (Å²) < 4.78 is 35.9. The zero-order chi connectivity index (χ0) is 29.9. The number of carbonyl (C=O) groups excluding carboxylic acids is 1. The number of hydrogen-bond acceptors (Lipinski definition) is 6. The quantitative estimate of drug-likeness (QED) is 0.399. The number of nitrogens with zero attached hydrogens (tertiary/aromatic N) is 1. The molecule has 0 radical (unpaired) electrons. The van der Waals surface area contributed by atoms with Gasteiger partial charge >= 0.3 is 0 Å². The van der Waals surface area contributed by atoms with Crippen LogP contribution in [0.25, 0.3) is 0 Å². The standard InChI is InChI=1S/C34H41ClN2O5S/c1-21-27(22-7-8-22)5-2-6-31(38)28-12-9-25(28)18-37-19-34(15-3-4-23-16-26(35)11-13-29(23)34)20-42-32-14-10-24(17-30(32)37)33(39)36-43(21,40)41/h2,6,10-11,13-14,16-17,21-22,25,27-28,31,38H,3-5,7-9,12,15,18-20H2,1H3,(H,36,39)/b6-2+/t21-,25+,27+,28?,31+,34+/m1/s1. The van der Waals surface area contributed by atoms with Gasteiger partial charge in [-0.25, -0.2) is 13.1 Å². The van der Waals surface area contributed by atoms with Crippen molar-refractivity contribution in [3.63, 3.8) is 0 Å². The molecule has 2 N–H and O–H groups in total. The molecule has 230 valence electrons. The van der Waals surface area contributed by atoms with E-state index in [-0.39, 0.29) is 17.3 Å². The van der Waals surface area contributed by atoms with Crippen LogP contribution in [0.3, 0.4) is 0 Å². The fraction of sp³-hybridized carbons (Fsp3) is 0.559. The molecule has 1 spiro atoms. The van der Waals surface area contributed by atoms with E-state index in [1.54, 1.807) is 19.1 Å². The van der Waals surface area contributed by atoms with Crippen molar-refractivity contribution in [1.82, 2.24) is 4.72 Å². The summed E-state index contributed by atoms with van der Waals surface area (Å²) in [5.74, 6) is 0.735. The minimum absolute atomic E-state index is 0.0979. The number of aryl methyl sites for hydroxylation is 1. The Hall–Kier alpha value is -2.55. The molecule has 2 saturated carbocycles. The van der Waals surface area contributed by atoms with Gasteiger partial charge in [0.2, 0.25) is 10.0 Å². The molecule has 43 heavy (non-hydrogen) atoms. The van der Waals surface area contributed by atoms with Crippen LogP contribution in [0, 0.1) is 23.7 Å². The molecule has 0 saturated heterocycles. The number of allylic oxidation sites excluding steroid dienone is 1. The van der Waals surface area contributed by atoms with E-state index in [9.17, 15) is 18.3 Å². The fourth-order valence-electron chi connectivity index (χ4n) is 8.13. The van der Waals surface area contributed by atoms with Crippen LogP contribution < -0.4 is 14.4 Å². The lowest BCUT2D eigenvalue weighted by Crippen LogP contribution is -2.49. The highest BCUT2D eigenvalue weighted by Gasteiger charge is 2.45. The number of fused-ring (bicyclic) bond motifs is 4. The van der Waals surface area contributed by atoms with Crippen molar-refractivity contribution in [3.8, 4) is 5.75 Å². The molecule has 2 bridgehead atoms. The summed E-state index contributed by atoms with van der Waals surface area (Å²) in [6.45, 7) is 3.63. The van der Waals surface area contributed by atoms with Crippen LogP contribution in [0.4, 0.5) is 5.69 Å². The summed E-state index contributed by atoms with van der Waals surface area (Å²) in [5, 5.41) is 11.3. The summed E-state index contributed by atoms with van der Waals surface area (Å²) in [6.07, 6.45) is 10.8. The summed E-state index contributed by atoms with van der Waals surface area (Å²) in [5.41, 5.74) is 3.37. The van der Waals surface area contributed by atoms with Crippen LogP contribution in [-0.2, 0) is 21.9 Å². The lowest BCUT2D eigenvalue weighted by atomic mass is 9.68. The molecule has 2 aromatic carbocycles. The smallest absolute Gasteiger partial charge is 0.264 e. The largest absolute Gasteiger partial charge is 0.490 e. The van der Waals surface area contributed by atoms with Gasteiger partial charge in [-0.2, -0.15) is 0 Å². The summed E-state index contributed by atoms with van der Waals surface area (Å²) in [6, 6.07) is 11.5. The number of benzene rings is 2. The fourth-order valence-corrected chi connectivity index (χ4v) is 9.68. The lowest BCUT2D eigenvalue weighted by molar-refractivity contribution is 0.0455. The zero-order valence-electron chi connectivity index (χ0n) is 24.7. The average molecular weight is 625 g/mol. The molecule has 1 amide bonds. The van der Waals surface area contributed by atoms with E-state index >= 15 is 0 Å². The maximum absolute atomic E-state index is 13.5. The van der Waals surface area contributed by atoms with Crippen LogP contribution in [0.1, 0.15) is 73.4 Å². The molecule has 2 heterocycles. The number of aliphatic hydroxyl groups is 1. The van der Waals surface area contributed by atoms with Crippen molar-refractivity contribution in [2.24, 2.45) is 23.7 Å². The minimum Gasteiger partial charge on any atom is -0.490 e. The van der Waals surface area contributed by atoms with Crippen LogP contribution in [0.15, 0.2) is 48.6 Å². The van der Waals surface area contributed by atoms with Gasteiger partial charge in [-0.1, -0.05) is 29.8 Å². The molecular formula is C34H41ClN2O5S. The minimum atomic E-state index is -3.92. The van der Waals surface area contributed by atoms with E-state index in [1.165, 1.54) is 11.1 Å². The number of anilines is 1. The third-order valence-corrected chi connectivity index (χ3v) is 13.0. The maximum Gasteiger partial charge on any atom is 0.264 e. The molecule has 6 atom stereocenters. The van der Waals surface area contributed by atoms with Crippen molar-refractivity contribution < 1.29 is 23.1 Å². The van der Waals surface area contributed by atoms with E-state index in [4.69, 9.17) is 16.3 Å². The monoisotopic (exact) mass is 624 g/mol. The van der Waals surface area contributed by atoms with Gasteiger partial charge in [-0.15, -0.1) is 0 Å². The molecule has 7 nitrogen and oxygen atoms in total. The van der Waals surface area contributed by atoms with Crippen molar-refractivity contribution in [1.29, 1.82) is 0 Å². The highest BCUT2D eigenvalue weighted by atomic mass is 35.5. The molecule has 9 heteroatoms. The molecule has 5 aliphatic rings. The van der Waals surface area contributed by atoms with Crippen LogP contribution >= 0.6 is 11.6 Å². The van der Waals surface area contributed by atoms with Crippen LogP contribution in [0.5, 0.6) is 5.75 Å². The van der Waals surface area contributed by atoms with Gasteiger partial charge in [0.05, 0.1) is 23.6 Å². The van der Waals surface area contributed by atoms with Crippen LogP contribution in [0.2, 0.25) is 5.02 Å². The number of carbonyl (C=O) groups is 1. The molecular weight excluding hydrogens is 584 g/mol. The Morgan fingerprint density at radius 2 is 1.88 bits per heavy atom. The van der Waals surface area contributed by atoms with Crippen molar-refractivity contribution in [2.75, 3.05) is 24.6 Å². The summed E-state index contributed by atoms with van der Waals surface area (Å²) >= 11 is 6.40. The number of rotatable bonds is 1. The molecule has 0 aromatic heterocycles. The third-order valence-electron chi connectivity index (χ3n) is 11.0. The molecule has 1 unspecified atom stereocenters. The Bertz CT molecular complexity index is 1560. The van der Waals surface area contributed by atoms with Gasteiger partial charge in [0.15, 0.2) is 0 Å². The summed E-state index contributed by atoms with van der Waals surface area (Å²) in [4.78, 5) is 15.8. The van der Waals surface area contributed by atoms with E-state index in [2.05, 4.69) is 21.8 Å². The van der Waals surface area contributed by atoms with Gasteiger partial charge in [-0.05, 0) is 123 Å². The van der Waals surface area contributed by atoms with Gasteiger partial charge < -0.3 is 14.7 Å². The van der Waals surface area contributed by atoms with Gasteiger partial charge in [0, 0.05) is 29.1 Å². The first-order chi connectivity index (χ1) is 20.6. The Morgan fingerprint density at radius 3 is 2.65 bits per heavy atom. The van der Waals surface area contributed by atoms with E-state index in [1.807, 2.05) is 24.3 Å². The van der Waals surface area contributed by atoms with Crippen LogP contribution in [-0.4, -0.2) is 50.5 Å². The Labute approximate surface area is 259 Å². The Morgan fingerprint density at radius 1 is 1.07 bits per heavy atom. The first kappa shape index (κ1) is 29.2. The number of aliphatic hydroxyl groups excluding tert-OH is 1. The molecule has 2 fully saturated rings. The van der Waals surface area contributed by atoms with E-state index < -0.39 is 27.3 Å². The van der Waals surface area contributed by atoms with Crippen molar-refractivity contribution in [2.45, 2.75) is 75.1 Å². The summed E-state index contributed by atoms with van der Waals surface area (Å²) in [7, 11) is -3.92. The molecule has 2 aromatic rings. The predicted molar refractivity (Wildman–Crippen MR) is 168 cm³/mol.